The average molecular weight is 260 g/mol. The first-order valence-electron chi connectivity index (χ1n) is 5.51. The monoisotopic (exact) mass is 260 g/mol. The van der Waals surface area contributed by atoms with Crippen molar-refractivity contribution in [2.75, 3.05) is 0 Å². The van der Waals surface area contributed by atoms with Crippen molar-refractivity contribution >= 4 is 17.2 Å². The van der Waals surface area contributed by atoms with Crippen LogP contribution in [-0.4, -0.2) is 17.0 Å². The molecule has 6 heteroatoms. The molecule has 0 unspecified atom stereocenters. The van der Waals surface area contributed by atoms with E-state index >= 15 is 0 Å². The van der Waals surface area contributed by atoms with Gasteiger partial charge < -0.3 is 4.74 Å². The summed E-state index contributed by atoms with van der Waals surface area (Å²) in [7, 11) is 0. The molecule has 0 fully saturated rings. The number of non-ortho nitro benzene ring substituents is 1. The molecule has 0 saturated heterocycles. The Labute approximate surface area is 110 Å². The lowest BCUT2D eigenvalue weighted by Gasteiger charge is -2.05. The molecule has 6 nitrogen and oxygen atoms in total. The fraction of sp³-hybridized carbons (Fsp3) is 0.231. The van der Waals surface area contributed by atoms with Gasteiger partial charge in [0.1, 0.15) is 6.07 Å². The molecule has 0 N–H and O–H groups in total. The quantitative estimate of drug-likeness (QED) is 0.272. The number of allylic oxidation sites excluding steroid dienone is 1. The Balaban J connectivity index is 2.98. The molecule has 1 aromatic rings. The number of hydrogen-bond donors (Lipinski definition) is 0. The Kier molecular flexibility index (Phi) is 4.77. The zero-order chi connectivity index (χ0) is 14.4. The van der Waals surface area contributed by atoms with Crippen LogP contribution in [0.5, 0.6) is 0 Å². The van der Waals surface area contributed by atoms with Crippen LogP contribution in [0.1, 0.15) is 19.4 Å². The minimum Gasteiger partial charge on any atom is -0.460 e. The van der Waals surface area contributed by atoms with Gasteiger partial charge in [0.25, 0.3) is 5.69 Å². The van der Waals surface area contributed by atoms with Crippen molar-refractivity contribution in [1.82, 2.24) is 0 Å². The van der Waals surface area contributed by atoms with Crippen LogP contribution < -0.4 is 0 Å². The second kappa shape index (κ2) is 6.31. The van der Waals surface area contributed by atoms with Gasteiger partial charge in [-0.3, -0.25) is 10.1 Å². The second-order valence-corrected chi connectivity index (χ2v) is 3.96. The Hall–Kier alpha value is -2.68. The number of hydrogen-bond acceptors (Lipinski definition) is 5. The summed E-state index contributed by atoms with van der Waals surface area (Å²) in [5, 5.41) is 19.5. The van der Waals surface area contributed by atoms with Crippen molar-refractivity contribution in [3.05, 3.63) is 46.0 Å². The molecular formula is C13H12N2O4. The van der Waals surface area contributed by atoms with Crippen LogP contribution >= 0.6 is 0 Å². The van der Waals surface area contributed by atoms with Gasteiger partial charge in [-0.05, 0) is 31.5 Å². The van der Waals surface area contributed by atoms with Gasteiger partial charge in [0, 0.05) is 18.2 Å². The summed E-state index contributed by atoms with van der Waals surface area (Å²) in [4.78, 5) is 21.4. The number of carbonyl (C=O) groups excluding carboxylic acids is 1. The normalized spacial score (nSPS) is 10.9. The number of nitrogens with zero attached hydrogens (tertiary/aromatic N) is 2. The van der Waals surface area contributed by atoms with E-state index in [1.807, 2.05) is 6.07 Å². The van der Waals surface area contributed by atoms with Crippen LogP contribution in [0.25, 0.3) is 5.57 Å². The van der Waals surface area contributed by atoms with E-state index in [9.17, 15) is 14.9 Å². The Bertz CT molecular complexity index is 553. The highest BCUT2D eigenvalue weighted by atomic mass is 16.6. The zero-order valence-electron chi connectivity index (χ0n) is 10.5. The molecule has 0 saturated carbocycles. The van der Waals surface area contributed by atoms with E-state index in [1.54, 1.807) is 13.8 Å². The number of ether oxygens (including phenoxy) is 1. The van der Waals surface area contributed by atoms with Crippen molar-refractivity contribution in [2.24, 2.45) is 0 Å². The lowest BCUT2D eigenvalue weighted by atomic mass is 10.1. The average Bonchev–Trinajstić information content (AvgIpc) is 2.35. The van der Waals surface area contributed by atoms with E-state index in [2.05, 4.69) is 0 Å². The number of esters is 1. The van der Waals surface area contributed by atoms with Crippen molar-refractivity contribution in [1.29, 1.82) is 5.26 Å². The summed E-state index contributed by atoms with van der Waals surface area (Å²) in [5.41, 5.74) is 0.445. The van der Waals surface area contributed by atoms with Gasteiger partial charge >= 0.3 is 5.97 Å². The minimum atomic E-state index is -0.620. The number of nitriles is 1. The molecule has 0 aliphatic carbocycles. The first-order chi connectivity index (χ1) is 8.93. The van der Waals surface area contributed by atoms with Crippen LogP contribution in [0.15, 0.2) is 30.3 Å². The van der Waals surface area contributed by atoms with Gasteiger partial charge in [0.15, 0.2) is 0 Å². The SMILES string of the molecule is CC(C)OC(=O)C=C(C#N)c1ccc([N+](=O)[O-])cc1. The highest BCUT2D eigenvalue weighted by Gasteiger charge is 2.09. The first kappa shape index (κ1) is 14.4. The van der Waals surface area contributed by atoms with E-state index in [0.717, 1.165) is 6.08 Å². The van der Waals surface area contributed by atoms with E-state index in [4.69, 9.17) is 10.00 Å². The number of benzene rings is 1. The van der Waals surface area contributed by atoms with Crippen molar-refractivity contribution in [3.63, 3.8) is 0 Å². The van der Waals surface area contributed by atoms with Crippen molar-refractivity contribution < 1.29 is 14.5 Å². The highest BCUT2D eigenvalue weighted by Crippen LogP contribution is 2.18. The van der Waals surface area contributed by atoms with Gasteiger partial charge in [0.05, 0.1) is 16.6 Å². The third kappa shape index (κ3) is 4.24. The summed E-state index contributed by atoms with van der Waals surface area (Å²) in [6.45, 7) is 3.40. The number of nitro benzene ring substituents is 1. The summed E-state index contributed by atoms with van der Waals surface area (Å²) < 4.78 is 4.89. The van der Waals surface area contributed by atoms with Crippen molar-refractivity contribution in [3.8, 4) is 6.07 Å². The Morgan fingerprint density at radius 2 is 2.00 bits per heavy atom. The van der Waals surface area contributed by atoms with E-state index in [1.165, 1.54) is 24.3 Å². The zero-order valence-corrected chi connectivity index (χ0v) is 10.5. The van der Waals surface area contributed by atoms with Crippen LogP contribution in [0.4, 0.5) is 5.69 Å². The second-order valence-electron chi connectivity index (χ2n) is 3.96. The summed E-state index contributed by atoms with van der Waals surface area (Å²) in [6.07, 6.45) is 0.793. The summed E-state index contributed by atoms with van der Waals surface area (Å²) in [5.74, 6) is -0.620. The molecule has 0 bridgehead atoms. The van der Waals surface area contributed by atoms with Gasteiger partial charge in [-0.1, -0.05) is 0 Å². The number of nitro groups is 1. The fourth-order valence-corrected chi connectivity index (χ4v) is 1.33. The lowest BCUT2D eigenvalue weighted by molar-refractivity contribution is -0.384. The van der Waals surface area contributed by atoms with E-state index < -0.39 is 10.9 Å². The Morgan fingerprint density at radius 1 is 1.42 bits per heavy atom. The number of carbonyl (C=O) groups is 1. The van der Waals surface area contributed by atoms with Gasteiger partial charge in [-0.25, -0.2) is 4.79 Å². The molecule has 0 amide bonds. The van der Waals surface area contributed by atoms with E-state index in [0.29, 0.717) is 5.56 Å². The third-order valence-electron chi connectivity index (χ3n) is 2.12. The highest BCUT2D eigenvalue weighted by molar-refractivity contribution is 5.95. The molecule has 0 aliphatic rings. The largest absolute Gasteiger partial charge is 0.460 e. The fourth-order valence-electron chi connectivity index (χ4n) is 1.33. The molecule has 0 spiro atoms. The maximum absolute atomic E-state index is 11.4. The molecule has 0 aromatic heterocycles. The maximum Gasteiger partial charge on any atom is 0.332 e. The van der Waals surface area contributed by atoms with E-state index in [-0.39, 0.29) is 17.4 Å². The van der Waals surface area contributed by atoms with Crippen LogP contribution in [0, 0.1) is 21.4 Å². The molecule has 0 radical (unpaired) electrons. The molecule has 0 atom stereocenters. The van der Waals surface area contributed by atoms with Gasteiger partial charge in [0.2, 0.25) is 0 Å². The minimum absolute atomic E-state index is 0.0780. The molecule has 98 valence electrons. The number of rotatable bonds is 4. The predicted molar refractivity (Wildman–Crippen MR) is 67.9 cm³/mol. The van der Waals surface area contributed by atoms with Crippen LogP contribution in [0.2, 0.25) is 0 Å². The Morgan fingerprint density at radius 3 is 2.42 bits per heavy atom. The van der Waals surface area contributed by atoms with Crippen LogP contribution in [-0.2, 0) is 9.53 Å². The van der Waals surface area contributed by atoms with Gasteiger partial charge in [-0.2, -0.15) is 5.26 Å². The third-order valence-corrected chi connectivity index (χ3v) is 2.12. The first-order valence-corrected chi connectivity index (χ1v) is 5.51. The summed E-state index contributed by atoms with van der Waals surface area (Å²) >= 11 is 0. The molecule has 19 heavy (non-hydrogen) atoms. The smallest absolute Gasteiger partial charge is 0.332 e. The van der Waals surface area contributed by atoms with Crippen LogP contribution in [0.3, 0.4) is 0 Å². The molecular weight excluding hydrogens is 248 g/mol. The molecule has 1 rings (SSSR count). The van der Waals surface area contributed by atoms with Gasteiger partial charge in [-0.15, -0.1) is 0 Å². The standard InChI is InChI=1S/C13H12N2O4/c1-9(2)19-13(16)7-11(8-14)10-3-5-12(6-4-10)15(17)18/h3-7,9H,1-2H3. The summed E-state index contributed by atoms with van der Waals surface area (Å²) in [6, 6.07) is 7.23. The topological polar surface area (TPSA) is 93.2 Å². The maximum atomic E-state index is 11.4. The molecule has 0 heterocycles. The lowest BCUT2D eigenvalue weighted by Crippen LogP contribution is -2.09. The predicted octanol–water partition coefficient (Wildman–Crippen LogP) is 2.45. The molecule has 1 aromatic carbocycles. The van der Waals surface area contributed by atoms with Crippen molar-refractivity contribution in [2.45, 2.75) is 20.0 Å². The molecule has 0 aliphatic heterocycles.